The fourth-order valence-corrected chi connectivity index (χ4v) is 3.28. The first-order valence-corrected chi connectivity index (χ1v) is 9.93. The Bertz CT molecular complexity index is 951. The largest absolute Gasteiger partial charge is 0.343 e. The Hall–Kier alpha value is -3.47. The first-order chi connectivity index (χ1) is 14.5. The first-order valence-electron chi connectivity index (χ1n) is 9.93. The minimum Gasteiger partial charge on any atom is -0.343 e. The van der Waals surface area contributed by atoms with Crippen molar-refractivity contribution in [2.75, 3.05) is 0 Å². The standard InChI is InChI=1S/C25H25FN2O2/c1-17(2)22(27-24(29)20-15-9-10-16-21(20)26)25(30)28-23(18-11-5-3-6-12-18)19-13-7-4-8-14-19/h3-17,22-23H,1-2H3,(H,27,29)(H,28,30)/t22-/m1/s1. The van der Waals surface area contributed by atoms with Gasteiger partial charge in [0.25, 0.3) is 5.91 Å². The molecule has 0 aliphatic heterocycles. The van der Waals surface area contributed by atoms with Gasteiger partial charge in [0.15, 0.2) is 0 Å². The molecule has 0 aliphatic rings. The Kier molecular flexibility index (Phi) is 6.96. The van der Waals surface area contributed by atoms with Crippen LogP contribution in [0.2, 0.25) is 0 Å². The van der Waals surface area contributed by atoms with Gasteiger partial charge < -0.3 is 10.6 Å². The van der Waals surface area contributed by atoms with Crippen LogP contribution >= 0.6 is 0 Å². The molecule has 0 fully saturated rings. The molecule has 0 spiro atoms. The van der Waals surface area contributed by atoms with Gasteiger partial charge in [0.1, 0.15) is 11.9 Å². The van der Waals surface area contributed by atoms with Crippen LogP contribution in [0.3, 0.4) is 0 Å². The maximum absolute atomic E-state index is 14.0. The van der Waals surface area contributed by atoms with Crippen LogP contribution in [0, 0.1) is 11.7 Å². The summed E-state index contributed by atoms with van der Waals surface area (Å²) in [6.45, 7) is 3.68. The molecule has 4 nitrogen and oxygen atoms in total. The Balaban J connectivity index is 1.83. The smallest absolute Gasteiger partial charge is 0.254 e. The van der Waals surface area contributed by atoms with Crippen molar-refractivity contribution in [1.82, 2.24) is 10.6 Å². The van der Waals surface area contributed by atoms with Crippen molar-refractivity contribution in [2.24, 2.45) is 5.92 Å². The van der Waals surface area contributed by atoms with Crippen LogP contribution in [-0.2, 0) is 4.79 Å². The maximum atomic E-state index is 14.0. The SMILES string of the molecule is CC(C)[C@@H](NC(=O)c1ccccc1F)C(=O)NC(c1ccccc1)c1ccccc1. The van der Waals surface area contributed by atoms with Crippen LogP contribution in [0.5, 0.6) is 0 Å². The molecule has 0 heterocycles. The van der Waals surface area contributed by atoms with Gasteiger partial charge in [0.2, 0.25) is 5.91 Å². The molecular weight excluding hydrogens is 379 g/mol. The van der Waals surface area contributed by atoms with E-state index < -0.39 is 17.8 Å². The monoisotopic (exact) mass is 404 g/mol. The molecule has 2 N–H and O–H groups in total. The molecule has 0 radical (unpaired) electrons. The normalized spacial score (nSPS) is 11.9. The molecule has 3 aromatic carbocycles. The molecule has 30 heavy (non-hydrogen) atoms. The van der Waals surface area contributed by atoms with E-state index in [1.807, 2.05) is 74.5 Å². The van der Waals surface area contributed by atoms with Crippen molar-refractivity contribution in [3.05, 3.63) is 107 Å². The number of halogens is 1. The Labute approximate surface area is 176 Å². The van der Waals surface area contributed by atoms with Crippen molar-refractivity contribution in [3.8, 4) is 0 Å². The molecule has 0 saturated carbocycles. The van der Waals surface area contributed by atoms with E-state index in [1.54, 1.807) is 6.07 Å². The van der Waals surface area contributed by atoms with E-state index in [1.165, 1.54) is 18.2 Å². The molecule has 0 aromatic heterocycles. The summed E-state index contributed by atoms with van der Waals surface area (Å²) in [6.07, 6.45) is 0. The van der Waals surface area contributed by atoms with Crippen LogP contribution < -0.4 is 10.6 Å². The number of rotatable bonds is 7. The molecule has 0 saturated heterocycles. The van der Waals surface area contributed by atoms with Crippen LogP contribution in [0.4, 0.5) is 4.39 Å². The van der Waals surface area contributed by atoms with Gasteiger partial charge in [-0.3, -0.25) is 9.59 Å². The number of benzene rings is 3. The first kappa shape index (κ1) is 21.2. The quantitative estimate of drug-likeness (QED) is 0.610. The van der Waals surface area contributed by atoms with Gasteiger partial charge in [-0.1, -0.05) is 86.6 Å². The number of amides is 2. The number of carbonyl (C=O) groups excluding carboxylic acids is 2. The van der Waals surface area contributed by atoms with Crippen LogP contribution in [0.25, 0.3) is 0 Å². The zero-order valence-electron chi connectivity index (χ0n) is 17.0. The van der Waals surface area contributed by atoms with E-state index in [4.69, 9.17) is 0 Å². The predicted octanol–water partition coefficient (Wildman–Crippen LogP) is 4.49. The Morgan fingerprint density at radius 2 is 1.23 bits per heavy atom. The second-order valence-electron chi connectivity index (χ2n) is 7.44. The summed E-state index contributed by atoms with van der Waals surface area (Å²) in [5, 5.41) is 5.75. The lowest BCUT2D eigenvalue weighted by Gasteiger charge is -2.26. The van der Waals surface area contributed by atoms with Gasteiger partial charge in [-0.15, -0.1) is 0 Å². The molecule has 154 valence electrons. The number of carbonyl (C=O) groups is 2. The van der Waals surface area contributed by atoms with E-state index in [0.29, 0.717) is 0 Å². The van der Waals surface area contributed by atoms with Crippen molar-refractivity contribution < 1.29 is 14.0 Å². The highest BCUT2D eigenvalue weighted by molar-refractivity contribution is 5.97. The fourth-order valence-electron chi connectivity index (χ4n) is 3.28. The zero-order chi connectivity index (χ0) is 21.5. The van der Waals surface area contributed by atoms with E-state index >= 15 is 0 Å². The minimum absolute atomic E-state index is 0.0846. The van der Waals surface area contributed by atoms with Gasteiger partial charge in [0.05, 0.1) is 11.6 Å². The van der Waals surface area contributed by atoms with Gasteiger partial charge in [0, 0.05) is 0 Å². The van der Waals surface area contributed by atoms with Gasteiger partial charge in [-0.2, -0.15) is 0 Å². The number of hydrogen-bond acceptors (Lipinski definition) is 2. The van der Waals surface area contributed by atoms with Crippen molar-refractivity contribution >= 4 is 11.8 Å². The Morgan fingerprint density at radius 3 is 1.73 bits per heavy atom. The van der Waals surface area contributed by atoms with Crippen molar-refractivity contribution in [3.63, 3.8) is 0 Å². The second kappa shape index (κ2) is 9.83. The lowest BCUT2D eigenvalue weighted by atomic mass is 9.96. The number of hydrogen-bond donors (Lipinski definition) is 2. The van der Waals surface area contributed by atoms with Crippen LogP contribution in [0.1, 0.15) is 41.4 Å². The van der Waals surface area contributed by atoms with E-state index in [9.17, 15) is 14.0 Å². The minimum atomic E-state index is -0.813. The summed E-state index contributed by atoms with van der Waals surface area (Å²) < 4.78 is 14.0. The summed E-state index contributed by atoms with van der Waals surface area (Å²) in [5.74, 6) is -1.75. The summed E-state index contributed by atoms with van der Waals surface area (Å²) in [7, 11) is 0. The molecule has 5 heteroatoms. The highest BCUT2D eigenvalue weighted by Gasteiger charge is 2.28. The van der Waals surface area contributed by atoms with Gasteiger partial charge in [-0.05, 0) is 29.2 Å². The molecule has 3 rings (SSSR count). The molecule has 0 aliphatic carbocycles. The Morgan fingerprint density at radius 1 is 0.733 bits per heavy atom. The van der Waals surface area contributed by atoms with E-state index in [0.717, 1.165) is 11.1 Å². The van der Waals surface area contributed by atoms with Crippen molar-refractivity contribution in [2.45, 2.75) is 25.9 Å². The third kappa shape index (κ3) is 5.11. The van der Waals surface area contributed by atoms with E-state index in [-0.39, 0.29) is 23.4 Å². The third-order valence-corrected chi connectivity index (χ3v) is 4.91. The van der Waals surface area contributed by atoms with Crippen molar-refractivity contribution in [1.29, 1.82) is 0 Å². The third-order valence-electron chi connectivity index (χ3n) is 4.91. The maximum Gasteiger partial charge on any atom is 0.254 e. The molecular formula is C25H25FN2O2. The van der Waals surface area contributed by atoms with Crippen LogP contribution in [-0.4, -0.2) is 17.9 Å². The lowest BCUT2D eigenvalue weighted by Crippen LogP contribution is -2.50. The molecule has 0 bridgehead atoms. The van der Waals surface area contributed by atoms with E-state index in [2.05, 4.69) is 10.6 Å². The average Bonchev–Trinajstić information content (AvgIpc) is 2.76. The van der Waals surface area contributed by atoms with Crippen LogP contribution in [0.15, 0.2) is 84.9 Å². The molecule has 2 amide bonds. The summed E-state index contributed by atoms with van der Waals surface area (Å²) in [6, 6.07) is 23.8. The topological polar surface area (TPSA) is 58.2 Å². The zero-order valence-corrected chi connectivity index (χ0v) is 17.0. The summed E-state index contributed by atoms with van der Waals surface area (Å²) in [5.41, 5.74) is 1.78. The van der Waals surface area contributed by atoms with Gasteiger partial charge in [-0.25, -0.2) is 4.39 Å². The lowest BCUT2D eigenvalue weighted by molar-refractivity contribution is -0.124. The average molecular weight is 404 g/mol. The predicted molar refractivity (Wildman–Crippen MR) is 115 cm³/mol. The molecule has 3 aromatic rings. The molecule has 0 unspecified atom stereocenters. The highest BCUT2D eigenvalue weighted by Crippen LogP contribution is 2.22. The second-order valence-corrected chi connectivity index (χ2v) is 7.44. The van der Waals surface area contributed by atoms with Gasteiger partial charge >= 0.3 is 0 Å². The fraction of sp³-hybridized carbons (Fsp3) is 0.200. The summed E-state index contributed by atoms with van der Waals surface area (Å²) >= 11 is 0. The summed E-state index contributed by atoms with van der Waals surface area (Å²) in [4.78, 5) is 25.8. The molecule has 1 atom stereocenters. The number of nitrogens with one attached hydrogen (secondary N) is 2. The highest BCUT2D eigenvalue weighted by atomic mass is 19.1.